The summed E-state index contributed by atoms with van der Waals surface area (Å²) < 4.78 is 12.9. The second-order valence-corrected chi connectivity index (χ2v) is 3.97. The van der Waals surface area contributed by atoms with Gasteiger partial charge in [-0.3, -0.25) is 0 Å². The molecule has 0 saturated heterocycles. The van der Waals surface area contributed by atoms with Crippen molar-refractivity contribution >= 4 is 0 Å². The number of aromatic nitrogens is 3. The van der Waals surface area contributed by atoms with E-state index in [1.807, 2.05) is 19.9 Å². The van der Waals surface area contributed by atoms with Gasteiger partial charge in [-0.15, -0.1) is 10.2 Å². The Morgan fingerprint density at radius 2 is 2.19 bits per heavy atom. The minimum Gasteiger partial charge on any atom is -0.466 e. The molecule has 0 amide bonds. The highest BCUT2D eigenvalue weighted by molar-refractivity contribution is 5.58. The molecular formula is C11H13N3O2. The monoisotopic (exact) mass is 219 g/mol. The summed E-state index contributed by atoms with van der Waals surface area (Å²) in [6, 6.07) is 2.00. The molecule has 0 radical (unpaired) electrons. The Balaban J connectivity index is 2.13. The van der Waals surface area contributed by atoms with Crippen molar-refractivity contribution < 1.29 is 9.15 Å². The van der Waals surface area contributed by atoms with Gasteiger partial charge in [0.25, 0.3) is 0 Å². The second kappa shape index (κ2) is 3.45. The number of rotatable bonds is 1. The molecule has 3 rings (SSSR count). The third-order valence-corrected chi connectivity index (χ3v) is 2.80. The maximum absolute atomic E-state index is 5.52. The largest absolute Gasteiger partial charge is 0.466 e. The Bertz CT molecular complexity index is 527. The summed E-state index contributed by atoms with van der Waals surface area (Å²) in [7, 11) is 0. The van der Waals surface area contributed by atoms with E-state index in [0.29, 0.717) is 13.2 Å². The van der Waals surface area contributed by atoms with Crippen LogP contribution in [0.4, 0.5) is 0 Å². The lowest BCUT2D eigenvalue weighted by Gasteiger charge is -2.14. The first kappa shape index (κ1) is 9.59. The van der Waals surface area contributed by atoms with Crippen molar-refractivity contribution in [2.24, 2.45) is 0 Å². The van der Waals surface area contributed by atoms with Gasteiger partial charge in [0.1, 0.15) is 18.1 Å². The fourth-order valence-electron chi connectivity index (χ4n) is 2.05. The summed E-state index contributed by atoms with van der Waals surface area (Å²) in [5.74, 6) is 3.56. The molecule has 0 aromatic carbocycles. The van der Waals surface area contributed by atoms with Gasteiger partial charge in [0.05, 0.1) is 12.2 Å². The lowest BCUT2D eigenvalue weighted by Crippen LogP contribution is -2.17. The van der Waals surface area contributed by atoms with E-state index in [1.165, 1.54) is 0 Å². The van der Waals surface area contributed by atoms with Crippen molar-refractivity contribution in [1.29, 1.82) is 0 Å². The smallest absolute Gasteiger partial charge is 0.167 e. The van der Waals surface area contributed by atoms with E-state index in [-0.39, 0.29) is 0 Å². The Kier molecular flexibility index (Phi) is 2.07. The van der Waals surface area contributed by atoms with E-state index < -0.39 is 0 Å². The van der Waals surface area contributed by atoms with E-state index in [4.69, 9.17) is 9.15 Å². The van der Waals surface area contributed by atoms with E-state index in [0.717, 1.165) is 35.3 Å². The van der Waals surface area contributed by atoms with Gasteiger partial charge in [-0.2, -0.15) is 0 Å². The lowest BCUT2D eigenvalue weighted by molar-refractivity contribution is 0.0820. The Labute approximate surface area is 93.0 Å². The molecule has 2 aromatic rings. The van der Waals surface area contributed by atoms with Crippen molar-refractivity contribution in [3.8, 4) is 11.4 Å². The van der Waals surface area contributed by atoms with Crippen LogP contribution in [-0.4, -0.2) is 21.4 Å². The SMILES string of the molecule is Cc1cc(-c2nnc3n2CCOC3)c(C)o1. The van der Waals surface area contributed by atoms with Gasteiger partial charge in [-0.05, 0) is 19.9 Å². The van der Waals surface area contributed by atoms with Crippen molar-refractivity contribution in [3.63, 3.8) is 0 Å². The van der Waals surface area contributed by atoms with Crippen LogP contribution in [0.2, 0.25) is 0 Å². The number of fused-ring (bicyclic) bond motifs is 1. The van der Waals surface area contributed by atoms with Crippen molar-refractivity contribution in [2.75, 3.05) is 6.61 Å². The summed E-state index contributed by atoms with van der Waals surface area (Å²) in [6.45, 7) is 5.95. The van der Waals surface area contributed by atoms with Crippen LogP contribution in [0.25, 0.3) is 11.4 Å². The molecule has 5 heteroatoms. The topological polar surface area (TPSA) is 53.1 Å². The maximum Gasteiger partial charge on any atom is 0.167 e. The second-order valence-electron chi connectivity index (χ2n) is 3.97. The van der Waals surface area contributed by atoms with Gasteiger partial charge >= 0.3 is 0 Å². The number of hydrogen-bond acceptors (Lipinski definition) is 4. The summed E-state index contributed by atoms with van der Waals surface area (Å²) in [5, 5.41) is 8.34. The van der Waals surface area contributed by atoms with Gasteiger partial charge < -0.3 is 13.7 Å². The Morgan fingerprint density at radius 1 is 1.31 bits per heavy atom. The standard InChI is InChI=1S/C11H13N3O2/c1-7-5-9(8(2)16-7)11-13-12-10-6-15-4-3-14(10)11/h5H,3-4,6H2,1-2H3. The molecule has 0 unspecified atom stereocenters. The molecule has 0 N–H and O–H groups in total. The van der Waals surface area contributed by atoms with Gasteiger partial charge in [0.2, 0.25) is 0 Å². The zero-order valence-electron chi connectivity index (χ0n) is 9.36. The van der Waals surface area contributed by atoms with Gasteiger partial charge in [0, 0.05) is 6.54 Å². The highest BCUT2D eigenvalue weighted by atomic mass is 16.5. The molecule has 0 saturated carbocycles. The molecule has 5 nitrogen and oxygen atoms in total. The van der Waals surface area contributed by atoms with Crippen LogP contribution in [0.3, 0.4) is 0 Å². The highest BCUT2D eigenvalue weighted by Gasteiger charge is 2.20. The number of nitrogens with zero attached hydrogens (tertiary/aromatic N) is 3. The molecular weight excluding hydrogens is 206 g/mol. The zero-order valence-corrected chi connectivity index (χ0v) is 9.36. The predicted octanol–water partition coefficient (Wildman–Crippen LogP) is 1.69. The predicted molar refractivity (Wildman–Crippen MR) is 56.9 cm³/mol. The lowest BCUT2D eigenvalue weighted by atomic mass is 10.2. The highest BCUT2D eigenvalue weighted by Crippen LogP contribution is 2.26. The van der Waals surface area contributed by atoms with Crippen LogP contribution in [0.1, 0.15) is 17.3 Å². The van der Waals surface area contributed by atoms with E-state index in [9.17, 15) is 0 Å². The molecule has 16 heavy (non-hydrogen) atoms. The Hall–Kier alpha value is -1.62. The fourth-order valence-corrected chi connectivity index (χ4v) is 2.05. The molecule has 0 atom stereocenters. The number of ether oxygens (including phenoxy) is 1. The number of furan rings is 1. The van der Waals surface area contributed by atoms with E-state index in [1.54, 1.807) is 0 Å². The third-order valence-electron chi connectivity index (χ3n) is 2.80. The first-order valence-corrected chi connectivity index (χ1v) is 5.33. The maximum atomic E-state index is 5.52. The Morgan fingerprint density at radius 3 is 2.94 bits per heavy atom. The van der Waals surface area contributed by atoms with Crippen LogP contribution in [-0.2, 0) is 17.9 Å². The first-order valence-electron chi connectivity index (χ1n) is 5.33. The van der Waals surface area contributed by atoms with Gasteiger partial charge in [0.15, 0.2) is 11.6 Å². The molecule has 0 fully saturated rings. The normalized spacial score (nSPS) is 15.1. The van der Waals surface area contributed by atoms with E-state index >= 15 is 0 Å². The molecule has 1 aliphatic rings. The fraction of sp³-hybridized carbons (Fsp3) is 0.455. The van der Waals surface area contributed by atoms with Crippen molar-refractivity contribution in [3.05, 3.63) is 23.4 Å². The van der Waals surface area contributed by atoms with Crippen LogP contribution < -0.4 is 0 Å². The van der Waals surface area contributed by atoms with Crippen molar-refractivity contribution in [1.82, 2.24) is 14.8 Å². The van der Waals surface area contributed by atoms with Gasteiger partial charge in [-0.1, -0.05) is 0 Å². The summed E-state index contributed by atoms with van der Waals surface area (Å²) in [5.41, 5.74) is 1.03. The molecule has 0 aliphatic carbocycles. The van der Waals surface area contributed by atoms with Crippen LogP contribution in [0.5, 0.6) is 0 Å². The average Bonchev–Trinajstić information content (AvgIpc) is 2.81. The average molecular weight is 219 g/mol. The van der Waals surface area contributed by atoms with Crippen LogP contribution in [0.15, 0.2) is 10.5 Å². The number of aryl methyl sites for hydroxylation is 2. The summed E-state index contributed by atoms with van der Waals surface area (Å²) in [6.07, 6.45) is 0. The third kappa shape index (κ3) is 1.36. The molecule has 0 spiro atoms. The summed E-state index contributed by atoms with van der Waals surface area (Å²) >= 11 is 0. The molecule has 84 valence electrons. The van der Waals surface area contributed by atoms with Crippen molar-refractivity contribution in [2.45, 2.75) is 27.0 Å². The minimum absolute atomic E-state index is 0.545. The molecule has 1 aliphatic heterocycles. The van der Waals surface area contributed by atoms with Crippen LogP contribution >= 0.6 is 0 Å². The molecule has 2 aromatic heterocycles. The van der Waals surface area contributed by atoms with Gasteiger partial charge in [-0.25, -0.2) is 0 Å². The minimum atomic E-state index is 0.545. The molecule has 3 heterocycles. The quantitative estimate of drug-likeness (QED) is 0.732. The molecule has 0 bridgehead atoms. The number of hydrogen-bond donors (Lipinski definition) is 0. The van der Waals surface area contributed by atoms with E-state index in [2.05, 4.69) is 14.8 Å². The summed E-state index contributed by atoms with van der Waals surface area (Å²) in [4.78, 5) is 0. The van der Waals surface area contributed by atoms with Crippen LogP contribution in [0, 0.1) is 13.8 Å². The first-order chi connectivity index (χ1) is 7.75. The zero-order chi connectivity index (χ0) is 11.1.